The number of thiophene rings is 1. The van der Waals surface area contributed by atoms with Gasteiger partial charge in [-0.3, -0.25) is 4.79 Å². The number of nitrogens with zero attached hydrogens (tertiary/aromatic N) is 5. The topological polar surface area (TPSA) is 109 Å². The predicted octanol–water partition coefficient (Wildman–Crippen LogP) is 7.49. The van der Waals surface area contributed by atoms with Crippen LogP contribution in [0.3, 0.4) is 0 Å². The average molecular weight is 558 g/mol. The Morgan fingerprint density at radius 2 is 1.82 bits per heavy atom. The Hall–Kier alpha value is -4.38. The van der Waals surface area contributed by atoms with Crippen molar-refractivity contribution in [3.05, 3.63) is 81.0 Å². The molecule has 9 nitrogen and oxygen atoms in total. The highest BCUT2D eigenvalue weighted by Crippen LogP contribution is 2.42. The average Bonchev–Trinajstić information content (AvgIpc) is 3.25. The van der Waals surface area contributed by atoms with E-state index >= 15 is 0 Å². The smallest absolute Gasteiger partial charge is 0.338 e. The lowest BCUT2D eigenvalue weighted by Crippen LogP contribution is -2.34. The lowest BCUT2D eigenvalue weighted by molar-refractivity contribution is 0.0324. The maximum Gasteiger partial charge on any atom is 0.338 e. The van der Waals surface area contributed by atoms with Crippen molar-refractivity contribution in [1.29, 1.82) is 5.26 Å². The van der Waals surface area contributed by atoms with Crippen LogP contribution in [-0.4, -0.2) is 44.2 Å². The molecule has 3 aromatic rings. The highest BCUT2D eigenvalue weighted by Gasteiger charge is 2.17. The monoisotopic (exact) mass is 557 g/mol. The summed E-state index contributed by atoms with van der Waals surface area (Å²) in [5, 5.41) is 18.3. The molecule has 0 spiro atoms. The van der Waals surface area contributed by atoms with Crippen LogP contribution in [0.25, 0.3) is 4.85 Å². The summed E-state index contributed by atoms with van der Waals surface area (Å²) in [6.45, 7) is 18.1. The molecule has 0 amide bonds. The van der Waals surface area contributed by atoms with E-state index < -0.39 is 5.97 Å². The molecule has 0 aliphatic carbocycles. The minimum atomic E-state index is -0.545. The number of carbonyl (C=O) groups is 2. The number of carbonyl (C=O) groups excluding carboxylic acids is 2. The van der Waals surface area contributed by atoms with Gasteiger partial charge in [-0.05, 0) is 70.0 Å². The van der Waals surface area contributed by atoms with Crippen LogP contribution >= 0.6 is 11.3 Å². The van der Waals surface area contributed by atoms with Crippen molar-refractivity contribution >= 4 is 45.2 Å². The predicted molar refractivity (Wildman–Crippen MR) is 155 cm³/mol. The van der Waals surface area contributed by atoms with E-state index in [1.54, 1.807) is 31.2 Å². The van der Waals surface area contributed by atoms with Gasteiger partial charge in [0.05, 0.1) is 35.9 Å². The van der Waals surface area contributed by atoms with E-state index in [1.807, 2.05) is 25.1 Å². The fourth-order valence-electron chi connectivity index (χ4n) is 4.01. The number of rotatable bonds is 12. The Balaban J connectivity index is 1.56. The van der Waals surface area contributed by atoms with E-state index in [0.29, 0.717) is 45.5 Å². The molecule has 40 heavy (non-hydrogen) atoms. The standard InChI is InChI=1S/C30H31N5O4S/c1-19(2)35(13-14-38-15-16-39-30(37)25-10-8-7-9-24(25)22(5)36)23-11-12-26(20(3)17-23)33-34-29-28(32-6)21(4)27(18-31)40-29/h7-12,17,19H,13-16H2,1-5H3. The van der Waals surface area contributed by atoms with Crippen LogP contribution in [0.1, 0.15) is 57.5 Å². The first kappa shape index (κ1) is 30.2. The van der Waals surface area contributed by atoms with Crippen molar-refractivity contribution < 1.29 is 19.1 Å². The zero-order chi connectivity index (χ0) is 29.2. The van der Waals surface area contributed by atoms with Gasteiger partial charge in [0, 0.05) is 23.8 Å². The van der Waals surface area contributed by atoms with Crippen molar-refractivity contribution in [1.82, 2.24) is 0 Å². The van der Waals surface area contributed by atoms with Crippen molar-refractivity contribution in [2.45, 2.75) is 40.7 Å². The van der Waals surface area contributed by atoms with Gasteiger partial charge in [0.1, 0.15) is 17.7 Å². The highest BCUT2D eigenvalue weighted by molar-refractivity contribution is 7.17. The largest absolute Gasteiger partial charge is 0.460 e. The number of hydrogen-bond donors (Lipinski definition) is 0. The maximum absolute atomic E-state index is 12.4. The first-order chi connectivity index (χ1) is 19.2. The van der Waals surface area contributed by atoms with Crippen molar-refractivity contribution in [3.63, 3.8) is 0 Å². The van der Waals surface area contributed by atoms with E-state index in [9.17, 15) is 14.9 Å². The molecule has 1 heterocycles. The third-order valence-corrected chi connectivity index (χ3v) is 7.23. The van der Waals surface area contributed by atoms with Gasteiger partial charge in [-0.25, -0.2) is 9.64 Å². The fourth-order valence-corrected chi connectivity index (χ4v) is 4.88. The normalized spacial score (nSPS) is 10.9. The summed E-state index contributed by atoms with van der Waals surface area (Å²) in [6.07, 6.45) is 0. The van der Waals surface area contributed by atoms with E-state index in [2.05, 4.69) is 39.9 Å². The second-order valence-corrected chi connectivity index (χ2v) is 10.2. The Morgan fingerprint density at radius 1 is 1.10 bits per heavy atom. The molecular formula is C30H31N5O4S. The Labute approximate surface area is 238 Å². The number of nitriles is 1. The third kappa shape index (κ3) is 7.38. The van der Waals surface area contributed by atoms with Gasteiger partial charge < -0.3 is 14.4 Å². The summed E-state index contributed by atoms with van der Waals surface area (Å²) in [5.41, 5.74) is 4.19. The second kappa shape index (κ2) is 14.1. The number of ether oxygens (including phenoxy) is 2. The summed E-state index contributed by atoms with van der Waals surface area (Å²) in [6, 6.07) is 14.8. The molecule has 0 saturated heterocycles. The Morgan fingerprint density at radius 3 is 2.45 bits per heavy atom. The Kier molecular flexibility index (Phi) is 10.7. The number of ketones is 1. The minimum absolute atomic E-state index is 0.0837. The first-order valence-corrected chi connectivity index (χ1v) is 13.5. The molecule has 0 atom stereocenters. The molecule has 0 saturated carbocycles. The van der Waals surface area contributed by atoms with Gasteiger partial charge in [0.15, 0.2) is 5.78 Å². The number of hydrogen-bond acceptors (Lipinski definition) is 9. The highest BCUT2D eigenvalue weighted by atomic mass is 32.1. The van der Waals surface area contributed by atoms with Gasteiger partial charge in [-0.2, -0.15) is 15.5 Å². The van der Waals surface area contributed by atoms with Gasteiger partial charge in [-0.1, -0.05) is 18.2 Å². The Bertz CT molecular complexity index is 1500. The van der Waals surface area contributed by atoms with Gasteiger partial charge in [0.25, 0.3) is 0 Å². The third-order valence-electron chi connectivity index (χ3n) is 6.16. The van der Waals surface area contributed by atoms with Crippen LogP contribution in [0.5, 0.6) is 0 Å². The minimum Gasteiger partial charge on any atom is -0.460 e. The quantitative estimate of drug-likeness (QED) is 0.0750. The molecule has 0 N–H and O–H groups in total. The summed E-state index contributed by atoms with van der Waals surface area (Å²) in [5.74, 6) is -0.735. The number of esters is 1. The van der Waals surface area contributed by atoms with Crippen molar-refractivity contribution in [2.75, 3.05) is 31.3 Å². The number of benzene rings is 2. The molecule has 0 aliphatic heterocycles. The zero-order valence-corrected chi connectivity index (χ0v) is 24.0. The number of azo groups is 1. The molecule has 0 radical (unpaired) electrons. The molecule has 206 valence electrons. The van der Waals surface area contributed by atoms with Crippen LogP contribution in [-0.2, 0) is 9.47 Å². The molecule has 2 aromatic carbocycles. The van der Waals surface area contributed by atoms with Crippen LogP contribution in [0.2, 0.25) is 0 Å². The lowest BCUT2D eigenvalue weighted by Gasteiger charge is -2.29. The molecule has 0 fully saturated rings. The van der Waals surface area contributed by atoms with Crippen molar-refractivity contribution in [3.8, 4) is 6.07 Å². The molecular weight excluding hydrogens is 526 g/mol. The molecule has 0 bridgehead atoms. The first-order valence-electron chi connectivity index (χ1n) is 12.7. The fraction of sp³-hybridized carbons (Fsp3) is 0.333. The van der Waals surface area contributed by atoms with Crippen LogP contribution in [0.4, 0.5) is 22.1 Å². The van der Waals surface area contributed by atoms with Gasteiger partial charge in [-0.15, -0.1) is 11.3 Å². The lowest BCUT2D eigenvalue weighted by atomic mass is 10.0. The maximum atomic E-state index is 12.4. The summed E-state index contributed by atoms with van der Waals surface area (Å²) >= 11 is 1.17. The van der Waals surface area contributed by atoms with Crippen molar-refractivity contribution in [2.24, 2.45) is 10.2 Å². The number of aryl methyl sites for hydroxylation is 1. The number of anilines is 1. The summed E-state index contributed by atoms with van der Waals surface area (Å²) in [4.78, 5) is 30.3. The van der Waals surface area contributed by atoms with E-state index in [0.717, 1.165) is 11.3 Å². The molecule has 0 unspecified atom stereocenters. The van der Waals surface area contributed by atoms with Gasteiger partial charge in [0.2, 0.25) is 5.69 Å². The summed E-state index contributed by atoms with van der Waals surface area (Å²) in [7, 11) is 0. The molecule has 10 heteroatoms. The van der Waals surface area contributed by atoms with Crippen LogP contribution < -0.4 is 4.90 Å². The van der Waals surface area contributed by atoms with E-state index in [4.69, 9.17) is 16.0 Å². The zero-order valence-electron chi connectivity index (χ0n) is 23.2. The van der Waals surface area contributed by atoms with E-state index in [-0.39, 0.29) is 30.6 Å². The van der Waals surface area contributed by atoms with E-state index in [1.165, 1.54) is 18.3 Å². The molecule has 1 aromatic heterocycles. The summed E-state index contributed by atoms with van der Waals surface area (Å²) < 4.78 is 11.0. The van der Waals surface area contributed by atoms with Crippen LogP contribution in [0, 0.1) is 31.8 Å². The SMILES string of the molecule is [C-]#[N+]c1c(N=Nc2ccc(N(CCOCCOC(=O)c3ccccc3C(C)=O)C(C)C)cc2C)sc(C#N)c1C. The van der Waals surface area contributed by atoms with Crippen LogP contribution in [0.15, 0.2) is 52.7 Å². The number of Topliss-reactive ketones (excluding diaryl/α,β-unsaturated/α-hetero) is 1. The molecule has 3 rings (SSSR count). The second-order valence-electron chi connectivity index (χ2n) is 9.24. The van der Waals surface area contributed by atoms with Gasteiger partial charge >= 0.3 is 5.97 Å². The molecule has 0 aliphatic rings.